The van der Waals surface area contributed by atoms with Crippen LogP contribution in [0.3, 0.4) is 0 Å². The van der Waals surface area contributed by atoms with Crippen LogP contribution in [0, 0.1) is 0 Å². The molecule has 1 N–H and O–H groups in total. The quantitative estimate of drug-likeness (QED) is 0.639. The van der Waals surface area contributed by atoms with Crippen molar-refractivity contribution in [1.29, 1.82) is 0 Å². The number of aliphatic hydroxyl groups excluding tert-OH is 1. The average Bonchev–Trinajstić information content (AvgIpc) is 3.25. The van der Waals surface area contributed by atoms with Gasteiger partial charge < -0.3 is 28.8 Å². The number of fused-ring (bicyclic) bond motifs is 1. The minimum absolute atomic E-state index is 0.207. The Balaban J connectivity index is 1.63. The molecule has 1 aromatic rings. The molecule has 3 aliphatic rings. The summed E-state index contributed by atoms with van der Waals surface area (Å²) in [5, 5.41) is 9.02. The lowest BCUT2D eigenvalue weighted by Crippen LogP contribution is -2.46. The van der Waals surface area contributed by atoms with Gasteiger partial charge in [-0.25, -0.2) is 0 Å². The van der Waals surface area contributed by atoms with Crippen molar-refractivity contribution in [1.82, 2.24) is 0 Å². The SMILES string of the molecule is C[C@@H](O)[C@H](c1ccccc1)S(=O)(=O)O[C@H]1[C@H]2OC(C)(C)O[C@H]2O[C@@H]1[C@H]1COC(C)(C)O1. The smallest absolute Gasteiger partial charge is 0.277 e. The maximum Gasteiger partial charge on any atom is 0.277 e. The molecule has 4 rings (SSSR count). The van der Waals surface area contributed by atoms with Crippen LogP contribution in [0.4, 0.5) is 0 Å². The van der Waals surface area contributed by atoms with Crippen LogP contribution in [0.25, 0.3) is 0 Å². The molecule has 0 spiro atoms. The Bertz CT molecular complexity index is 883. The van der Waals surface area contributed by atoms with Gasteiger partial charge in [0, 0.05) is 0 Å². The molecule has 0 aliphatic carbocycles. The van der Waals surface area contributed by atoms with Gasteiger partial charge >= 0.3 is 0 Å². The zero-order valence-electron chi connectivity index (χ0n) is 18.3. The van der Waals surface area contributed by atoms with Crippen molar-refractivity contribution >= 4 is 10.1 Å². The standard InChI is InChI=1S/C21H30O9S/c1-12(22)18(13-9-7-6-8-10-13)31(23,24)30-16-15(14-11-25-20(2,3)27-14)26-19-17(16)28-21(4,5)29-19/h6-10,12,14-19,22H,11H2,1-5H3/t12-,14-,15-,16-,17-,18-,19-/m1/s1. The molecule has 0 radical (unpaired) electrons. The average molecular weight is 459 g/mol. The fourth-order valence-electron chi connectivity index (χ4n) is 4.33. The van der Waals surface area contributed by atoms with Crippen LogP contribution in [-0.2, 0) is 38.0 Å². The number of aliphatic hydroxyl groups is 1. The van der Waals surface area contributed by atoms with E-state index in [4.69, 9.17) is 27.9 Å². The highest BCUT2D eigenvalue weighted by Gasteiger charge is 2.60. The Kier molecular flexibility index (Phi) is 5.98. The van der Waals surface area contributed by atoms with Crippen LogP contribution in [0.5, 0.6) is 0 Å². The summed E-state index contributed by atoms with van der Waals surface area (Å²) in [6.45, 7) is 8.60. The molecule has 31 heavy (non-hydrogen) atoms. The summed E-state index contributed by atoms with van der Waals surface area (Å²) in [4.78, 5) is 0. The third-order valence-corrected chi connectivity index (χ3v) is 7.32. The van der Waals surface area contributed by atoms with Gasteiger partial charge in [-0.05, 0) is 40.2 Å². The number of rotatable bonds is 6. The zero-order valence-corrected chi connectivity index (χ0v) is 19.1. The Morgan fingerprint density at radius 2 is 1.71 bits per heavy atom. The fraction of sp³-hybridized carbons (Fsp3) is 0.714. The summed E-state index contributed by atoms with van der Waals surface area (Å²) in [5.41, 5.74) is 0.426. The van der Waals surface area contributed by atoms with Gasteiger partial charge in [-0.2, -0.15) is 8.42 Å². The molecule has 10 heteroatoms. The van der Waals surface area contributed by atoms with E-state index >= 15 is 0 Å². The van der Waals surface area contributed by atoms with Gasteiger partial charge in [0.15, 0.2) is 17.9 Å². The molecular formula is C21H30O9S. The predicted octanol–water partition coefficient (Wildman–Crippen LogP) is 1.85. The molecule has 3 heterocycles. The second-order valence-electron chi connectivity index (χ2n) is 9.06. The van der Waals surface area contributed by atoms with Gasteiger partial charge in [0.25, 0.3) is 10.1 Å². The van der Waals surface area contributed by atoms with Crippen molar-refractivity contribution in [2.24, 2.45) is 0 Å². The summed E-state index contributed by atoms with van der Waals surface area (Å²) in [6.07, 6.45) is -5.21. The third-order valence-electron chi connectivity index (χ3n) is 5.55. The highest BCUT2D eigenvalue weighted by Crippen LogP contribution is 2.43. The van der Waals surface area contributed by atoms with E-state index in [0.29, 0.717) is 5.56 Å². The van der Waals surface area contributed by atoms with E-state index in [1.165, 1.54) is 6.92 Å². The third kappa shape index (κ3) is 4.67. The van der Waals surface area contributed by atoms with Gasteiger partial charge in [0.1, 0.15) is 29.7 Å². The second kappa shape index (κ2) is 8.03. The van der Waals surface area contributed by atoms with E-state index in [1.807, 2.05) is 0 Å². The maximum absolute atomic E-state index is 13.4. The van der Waals surface area contributed by atoms with E-state index in [1.54, 1.807) is 58.0 Å². The van der Waals surface area contributed by atoms with Crippen molar-refractivity contribution < 1.29 is 41.4 Å². The van der Waals surface area contributed by atoms with E-state index in [-0.39, 0.29) is 6.61 Å². The topological polar surface area (TPSA) is 110 Å². The molecule has 0 aromatic heterocycles. The number of ether oxygens (including phenoxy) is 5. The first-order chi connectivity index (χ1) is 14.4. The highest BCUT2D eigenvalue weighted by molar-refractivity contribution is 7.87. The first-order valence-electron chi connectivity index (χ1n) is 10.4. The Morgan fingerprint density at radius 1 is 1.03 bits per heavy atom. The van der Waals surface area contributed by atoms with Crippen molar-refractivity contribution in [2.45, 2.75) is 88.3 Å². The van der Waals surface area contributed by atoms with Crippen molar-refractivity contribution in [3.8, 4) is 0 Å². The monoisotopic (exact) mass is 458 g/mol. The van der Waals surface area contributed by atoms with Gasteiger partial charge in [-0.15, -0.1) is 0 Å². The van der Waals surface area contributed by atoms with Gasteiger partial charge in [0.2, 0.25) is 0 Å². The number of hydrogen-bond donors (Lipinski definition) is 1. The molecule has 1 aromatic carbocycles. The molecule has 3 saturated heterocycles. The van der Waals surface area contributed by atoms with Crippen LogP contribution in [0.1, 0.15) is 45.4 Å². The van der Waals surface area contributed by atoms with Crippen LogP contribution >= 0.6 is 0 Å². The molecule has 3 fully saturated rings. The first kappa shape index (κ1) is 23.1. The lowest BCUT2D eigenvalue weighted by atomic mass is 10.1. The van der Waals surface area contributed by atoms with Crippen LogP contribution in [0.15, 0.2) is 30.3 Å². The first-order valence-corrected chi connectivity index (χ1v) is 11.8. The molecule has 3 aliphatic heterocycles. The molecule has 0 unspecified atom stereocenters. The molecule has 174 valence electrons. The summed E-state index contributed by atoms with van der Waals surface area (Å²) >= 11 is 0. The van der Waals surface area contributed by atoms with Crippen LogP contribution < -0.4 is 0 Å². The normalized spacial score (nSPS) is 36.3. The summed E-state index contributed by atoms with van der Waals surface area (Å²) < 4.78 is 61.7. The van der Waals surface area contributed by atoms with Gasteiger partial charge in [-0.1, -0.05) is 30.3 Å². The molecular weight excluding hydrogens is 428 g/mol. The molecule has 9 nitrogen and oxygen atoms in total. The second-order valence-corrected chi connectivity index (χ2v) is 10.7. The van der Waals surface area contributed by atoms with E-state index in [0.717, 1.165) is 0 Å². The number of benzene rings is 1. The fourth-order valence-corrected chi connectivity index (χ4v) is 5.96. The van der Waals surface area contributed by atoms with Crippen molar-refractivity contribution in [2.75, 3.05) is 6.61 Å². The number of hydrogen-bond acceptors (Lipinski definition) is 9. The lowest BCUT2D eigenvalue weighted by Gasteiger charge is -2.30. The van der Waals surface area contributed by atoms with Gasteiger partial charge in [-0.3, -0.25) is 4.18 Å². The molecule has 0 bridgehead atoms. The van der Waals surface area contributed by atoms with Crippen molar-refractivity contribution in [3.63, 3.8) is 0 Å². The van der Waals surface area contributed by atoms with E-state index in [9.17, 15) is 13.5 Å². The summed E-state index contributed by atoms with van der Waals surface area (Å²) in [6, 6.07) is 8.46. The van der Waals surface area contributed by atoms with Gasteiger partial charge in [0.05, 0.1) is 12.7 Å². The molecule has 7 atom stereocenters. The predicted molar refractivity (Wildman–Crippen MR) is 108 cm³/mol. The van der Waals surface area contributed by atoms with E-state index in [2.05, 4.69) is 0 Å². The summed E-state index contributed by atoms with van der Waals surface area (Å²) in [7, 11) is -4.29. The Labute approximate surface area is 182 Å². The zero-order chi connectivity index (χ0) is 22.6. The Hall–Kier alpha value is -1.11. The Morgan fingerprint density at radius 3 is 2.29 bits per heavy atom. The molecule has 0 saturated carbocycles. The summed E-state index contributed by atoms with van der Waals surface area (Å²) in [5.74, 6) is -1.79. The van der Waals surface area contributed by atoms with Crippen molar-refractivity contribution in [3.05, 3.63) is 35.9 Å². The van der Waals surface area contributed by atoms with E-state index < -0.39 is 63.8 Å². The lowest BCUT2D eigenvalue weighted by molar-refractivity contribution is -0.230. The molecule has 0 amide bonds. The minimum atomic E-state index is -4.29. The maximum atomic E-state index is 13.4. The minimum Gasteiger partial charge on any atom is -0.392 e. The van der Waals surface area contributed by atoms with Crippen LogP contribution in [0.2, 0.25) is 0 Å². The largest absolute Gasteiger partial charge is 0.392 e. The van der Waals surface area contributed by atoms with Crippen LogP contribution in [-0.4, -0.2) is 68.5 Å². The highest BCUT2D eigenvalue weighted by atomic mass is 32.2.